The summed E-state index contributed by atoms with van der Waals surface area (Å²) >= 11 is 0. The molecule has 8 aromatic rings. The fourth-order valence-electron chi connectivity index (χ4n) is 5.65. The summed E-state index contributed by atoms with van der Waals surface area (Å²) in [4.78, 5) is 4.93. The maximum Gasteiger partial charge on any atom is 0.143 e. The molecular formula is C33H19NO. The zero-order valence-corrected chi connectivity index (χ0v) is 18.8. The smallest absolute Gasteiger partial charge is 0.143 e. The Kier molecular flexibility index (Phi) is 3.69. The Balaban J connectivity index is 1.31. The van der Waals surface area contributed by atoms with Crippen molar-refractivity contribution in [2.75, 3.05) is 0 Å². The highest BCUT2D eigenvalue weighted by molar-refractivity contribution is 6.25. The van der Waals surface area contributed by atoms with Crippen LogP contribution in [0, 0.1) is 0 Å². The topological polar surface area (TPSA) is 26.0 Å². The summed E-state index contributed by atoms with van der Waals surface area (Å²) in [5.74, 6) is 0. The lowest BCUT2D eigenvalue weighted by Gasteiger charge is -2.14. The number of hydrogen-bond acceptors (Lipinski definition) is 2. The molecule has 0 amide bonds. The van der Waals surface area contributed by atoms with Crippen LogP contribution in [0.15, 0.2) is 120 Å². The molecule has 0 aliphatic heterocycles. The Hall–Kier alpha value is -4.69. The molecule has 0 N–H and O–H groups in total. The molecule has 2 aromatic heterocycles. The molecule has 162 valence electrons. The lowest BCUT2D eigenvalue weighted by Crippen LogP contribution is -1.89. The van der Waals surface area contributed by atoms with Crippen LogP contribution in [-0.2, 0) is 0 Å². The summed E-state index contributed by atoms with van der Waals surface area (Å²) < 4.78 is 6.25. The van der Waals surface area contributed by atoms with E-state index in [0.717, 1.165) is 44.3 Å². The quantitative estimate of drug-likeness (QED) is 0.248. The van der Waals surface area contributed by atoms with Gasteiger partial charge >= 0.3 is 0 Å². The van der Waals surface area contributed by atoms with E-state index in [-0.39, 0.29) is 0 Å². The Morgan fingerprint density at radius 1 is 0.486 bits per heavy atom. The van der Waals surface area contributed by atoms with Gasteiger partial charge in [-0.2, -0.15) is 0 Å². The minimum absolute atomic E-state index is 0.908. The summed E-state index contributed by atoms with van der Waals surface area (Å²) in [7, 11) is 0. The van der Waals surface area contributed by atoms with Crippen molar-refractivity contribution in [3.63, 3.8) is 0 Å². The Labute approximate surface area is 201 Å². The van der Waals surface area contributed by atoms with E-state index in [2.05, 4.69) is 97.1 Å². The first-order chi connectivity index (χ1) is 17.3. The first-order valence-corrected chi connectivity index (χ1v) is 11.9. The normalized spacial score (nSPS) is 12.0. The van der Waals surface area contributed by atoms with Gasteiger partial charge in [0, 0.05) is 33.7 Å². The van der Waals surface area contributed by atoms with Crippen LogP contribution in [0.5, 0.6) is 0 Å². The van der Waals surface area contributed by atoms with Crippen molar-refractivity contribution < 1.29 is 4.42 Å². The highest BCUT2D eigenvalue weighted by Crippen LogP contribution is 2.40. The SMILES string of the molecule is c1cc2ccc3ccc(-c4ccc(-c5cccc6c5oc5ccccc56)cn4)c4ccc(c1)c2c34. The average Bonchev–Trinajstić information content (AvgIpc) is 3.31. The van der Waals surface area contributed by atoms with Crippen molar-refractivity contribution in [1.82, 2.24) is 4.98 Å². The molecule has 0 aliphatic carbocycles. The van der Waals surface area contributed by atoms with Gasteiger partial charge in [-0.3, -0.25) is 4.98 Å². The molecule has 0 atom stereocenters. The van der Waals surface area contributed by atoms with E-state index in [0.29, 0.717) is 0 Å². The summed E-state index contributed by atoms with van der Waals surface area (Å²) in [5, 5.41) is 9.98. The predicted octanol–water partition coefficient (Wildman–Crippen LogP) is 9.21. The van der Waals surface area contributed by atoms with E-state index < -0.39 is 0 Å². The summed E-state index contributed by atoms with van der Waals surface area (Å²) in [5.41, 5.74) is 6.07. The van der Waals surface area contributed by atoms with Crippen LogP contribution in [0.1, 0.15) is 0 Å². The van der Waals surface area contributed by atoms with Gasteiger partial charge in [-0.25, -0.2) is 0 Å². The Morgan fingerprint density at radius 2 is 1.23 bits per heavy atom. The van der Waals surface area contributed by atoms with Crippen LogP contribution in [0.2, 0.25) is 0 Å². The van der Waals surface area contributed by atoms with Crippen LogP contribution in [0.3, 0.4) is 0 Å². The fourth-order valence-corrected chi connectivity index (χ4v) is 5.65. The third kappa shape index (κ3) is 2.62. The van der Waals surface area contributed by atoms with Crippen molar-refractivity contribution in [3.8, 4) is 22.4 Å². The zero-order valence-electron chi connectivity index (χ0n) is 18.8. The molecule has 2 nitrogen and oxygen atoms in total. The molecule has 2 heteroatoms. The lowest BCUT2D eigenvalue weighted by molar-refractivity contribution is 0.670. The summed E-state index contributed by atoms with van der Waals surface area (Å²) in [6, 6.07) is 38.6. The lowest BCUT2D eigenvalue weighted by atomic mass is 9.91. The number of pyridine rings is 1. The summed E-state index contributed by atoms with van der Waals surface area (Å²) in [6.45, 7) is 0. The largest absolute Gasteiger partial charge is 0.455 e. The van der Waals surface area contributed by atoms with Crippen LogP contribution >= 0.6 is 0 Å². The minimum Gasteiger partial charge on any atom is -0.455 e. The predicted molar refractivity (Wildman–Crippen MR) is 146 cm³/mol. The second-order valence-corrected chi connectivity index (χ2v) is 9.18. The third-order valence-corrected chi connectivity index (χ3v) is 7.28. The number of fused-ring (bicyclic) bond motifs is 3. The van der Waals surface area contributed by atoms with Crippen LogP contribution in [0.25, 0.3) is 76.6 Å². The van der Waals surface area contributed by atoms with Gasteiger partial charge < -0.3 is 4.42 Å². The molecule has 0 aliphatic rings. The molecule has 0 radical (unpaired) electrons. The van der Waals surface area contributed by atoms with Crippen LogP contribution in [-0.4, -0.2) is 4.98 Å². The van der Waals surface area contributed by atoms with E-state index >= 15 is 0 Å². The number of benzene rings is 6. The molecule has 0 saturated carbocycles. The number of para-hydroxylation sites is 2. The van der Waals surface area contributed by atoms with Gasteiger partial charge in [0.2, 0.25) is 0 Å². The number of furan rings is 1. The van der Waals surface area contributed by atoms with Gasteiger partial charge in [0.1, 0.15) is 11.2 Å². The number of rotatable bonds is 2. The zero-order chi connectivity index (χ0) is 22.9. The van der Waals surface area contributed by atoms with Crippen LogP contribution < -0.4 is 0 Å². The second-order valence-electron chi connectivity index (χ2n) is 9.18. The maximum absolute atomic E-state index is 6.25. The molecule has 0 saturated heterocycles. The van der Waals surface area contributed by atoms with E-state index in [1.807, 2.05) is 18.3 Å². The Bertz CT molecular complexity index is 2030. The van der Waals surface area contributed by atoms with Crippen molar-refractivity contribution >= 4 is 54.3 Å². The van der Waals surface area contributed by atoms with Gasteiger partial charge in [0.05, 0.1) is 5.69 Å². The first kappa shape index (κ1) is 18.7. The van der Waals surface area contributed by atoms with Gasteiger partial charge in [0.15, 0.2) is 0 Å². The van der Waals surface area contributed by atoms with Gasteiger partial charge in [-0.05, 0) is 44.5 Å². The number of aromatic nitrogens is 1. The highest BCUT2D eigenvalue weighted by atomic mass is 16.3. The summed E-state index contributed by atoms with van der Waals surface area (Å²) in [6.07, 6.45) is 1.97. The maximum atomic E-state index is 6.25. The van der Waals surface area contributed by atoms with Crippen molar-refractivity contribution in [2.24, 2.45) is 0 Å². The molecule has 6 aromatic carbocycles. The number of nitrogens with zero attached hydrogens (tertiary/aromatic N) is 1. The Morgan fingerprint density at radius 3 is 2.09 bits per heavy atom. The monoisotopic (exact) mass is 445 g/mol. The molecular weight excluding hydrogens is 426 g/mol. The number of hydrogen-bond donors (Lipinski definition) is 0. The highest BCUT2D eigenvalue weighted by Gasteiger charge is 2.14. The molecule has 0 spiro atoms. The van der Waals surface area contributed by atoms with E-state index in [1.165, 1.54) is 32.3 Å². The van der Waals surface area contributed by atoms with E-state index in [9.17, 15) is 0 Å². The molecule has 8 rings (SSSR count). The van der Waals surface area contributed by atoms with Crippen molar-refractivity contribution in [3.05, 3.63) is 115 Å². The average molecular weight is 446 g/mol. The van der Waals surface area contributed by atoms with E-state index in [4.69, 9.17) is 9.40 Å². The minimum atomic E-state index is 0.908. The van der Waals surface area contributed by atoms with Crippen molar-refractivity contribution in [2.45, 2.75) is 0 Å². The van der Waals surface area contributed by atoms with Gasteiger partial charge in [-0.15, -0.1) is 0 Å². The third-order valence-electron chi connectivity index (χ3n) is 7.28. The van der Waals surface area contributed by atoms with E-state index in [1.54, 1.807) is 0 Å². The molecule has 0 fully saturated rings. The second kappa shape index (κ2) is 6.91. The fraction of sp³-hybridized carbons (Fsp3) is 0. The molecule has 0 unspecified atom stereocenters. The van der Waals surface area contributed by atoms with Gasteiger partial charge in [0.25, 0.3) is 0 Å². The first-order valence-electron chi connectivity index (χ1n) is 11.9. The van der Waals surface area contributed by atoms with Crippen LogP contribution in [0.4, 0.5) is 0 Å². The standard InChI is InChI=1S/C33H19NO/c1-2-10-30-26(7-1)28-9-4-8-24(33(28)35-30)23-15-18-29(34-19-23)25-16-13-22-12-11-20-5-3-6-21-14-17-27(25)32(22)31(20)21/h1-19H. The van der Waals surface area contributed by atoms with Crippen molar-refractivity contribution in [1.29, 1.82) is 0 Å². The van der Waals surface area contributed by atoms with Gasteiger partial charge in [-0.1, -0.05) is 97.1 Å². The molecule has 0 bridgehead atoms. The molecule has 2 heterocycles. The molecule has 35 heavy (non-hydrogen) atoms.